The largest absolute Gasteiger partial charge is 0.439 e. The number of ether oxygens (including phenoxy) is 1. The number of hydrogen-bond acceptors (Lipinski definition) is 3. The molecule has 1 aromatic heterocycles. The molecule has 100 valence electrons. The minimum Gasteiger partial charge on any atom is -0.439 e. The van der Waals surface area contributed by atoms with E-state index in [1.54, 1.807) is 19.1 Å². The molecule has 5 heteroatoms. The summed E-state index contributed by atoms with van der Waals surface area (Å²) in [4.78, 5) is 8.33. The van der Waals surface area contributed by atoms with Crippen LogP contribution in [-0.2, 0) is 6.42 Å². The van der Waals surface area contributed by atoms with Crippen LogP contribution in [0.1, 0.15) is 24.7 Å². The van der Waals surface area contributed by atoms with E-state index >= 15 is 0 Å². The van der Waals surface area contributed by atoms with Gasteiger partial charge in [-0.2, -0.15) is 4.98 Å². The van der Waals surface area contributed by atoms with Crippen molar-refractivity contribution >= 4 is 11.6 Å². The second-order valence-electron chi connectivity index (χ2n) is 4.21. The van der Waals surface area contributed by atoms with Crippen LogP contribution < -0.4 is 4.74 Å². The van der Waals surface area contributed by atoms with Crippen molar-refractivity contribution in [1.82, 2.24) is 9.97 Å². The molecule has 0 aliphatic rings. The molecule has 0 unspecified atom stereocenters. The fourth-order valence-corrected chi connectivity index (χ4v) is 1.78. The van der Waals surface area contributed by atoms with E-state index in [0.29, 0.717) is 28.2 Å². The SMILES string of the molecule is CCCc1nc(Cl)cc(Oc2ccc(C)c(F)c2)n1. The molecule has 3 nitrogen and oxygen atoms in total. The Labute approximate surface area is 116 Å². The Morgan fingerprint density at radius 3 is 2.74 bits per heavy atom. The van der Waals surface area contributed by atoms with E-state index in [4.69, 9.17) is 16.3 Å². The highest BCUT2D eigenvalue weighted by Gasteiger charge is 2.06. The van der Waals surface area contributed by atoms with Crippen LogP contribution in [0.15, 0.2) is 24.3 Å². The van der Waals surface area contributed by atoms with Gasteiger partial charge in [0, 0.05) is 18.6 Å². The Bertz CT molecular complexity index is 590. The van der Waals surface area contributed by atoms with Crippen LogP contribution in [0, 0.1) is 12.7 Å². The molecule has 0 radical (unpaired) electrons. The summed E-state index contributed by atoms with van der Waals surface area (Å²) in [5, 5.41) is 0.320. The average molecular weight is 281 g/mol. The Morgan fingerprint density at radius 2 is 2.05 bits per heavy atom. The summed E-state index contributed by atoms with van der Waals surface area (Å²) in [6, 6.07) is 6.18. The first kappa shape index (κ1) is 13.7. The van der Waals surface area contributed by atoms with Crippen LogP contribution in [0.3, 0.4) is 0 Å². The van der Waals surface area contributed by atoms with Crippen LogP contribution in [0.4, 0.5) is 4.39 Å². The van der Waals surface area contributed by atoms with E-state index in [-0.39, 0.29) is 5.82 Å². The van der Waals surface area contributed by atoms with Crippen molar-refractivity contribution in [3.05, 3.63) is 46.6 Å². The van der Waals surface area contributed by atoms with E-state index in [9.17, 15) is 4.39 Å². The first-order chi connectivity index (χ1) is 9.08. The Balaban J connectivity index is 2.24. The highest BCUT2D eigenvalue weighted by Crippen LogP contribution is 2.23. The van der Waals surface area contributed by atoms with Crippen LogP contribution in [0.25, 0.3) is 0 Å². The van der Waals surface area contributed by atoms with E-state index in [1.807, 2.05) is 6.92 Å². The molecule has 0 saturated carbocycles. The van der Waals surface area contributed by atoms with Crippen LogP contribution in [0.2, 0.25) is 5.15 Å². The predicted octanol–water partition coefficient (Wildman–Crippen LogP) is 4.32. The monoisotopic (exact) mass is 280 g/mol. The molecule has 1 aromatic carbocycles. The number of halogens is 2. The van der Waals surface area contributed by atoms with Gasteiger partial charge in [0.15, 0.2) is 0 Å². The van der Waals surface area contributed by atoms with E-state index in [2.05, 4.69) is 9.97 Å². The molecule has 0 fully saturated rings. The van der Waals surface area contributed by atoms with Crippen molar-refractivity contribution in [2.24, 2.45) is 0 Å². The first-order valence-corrected chi connectivity index (χ1v) is 6.43. The molecule has 0 bridgehead atoms. The Kier molecular flexibility index (Phi) is 4.32. The normalized spacial score (nSPS) is 10.5. The summed E-state index contributed by atoms with van der Waals surface area (Å²) in [6.07, 6.45) is 1.64. The van der Waals surface area contributed by atoms with E-state index < -0.39 is 0 Å². The number of hydrogen-bond donors (Lipinski definition) is 0. The molecule has 2 aromatic rings. The lowest BCUT2D eigenvalue weighted by Gasteiger charge is -2.07. The molecular formula is C14H14ClFN2O. The van der Waals surface area contributed by atoms with Gasteiger partial charge in [0.2, 0.25) is 5.88 Å². The Hall–Kier alpha value is -1.68. The quantitative estimate of drug-likeness (QED) is 0.782. The van der Waals surface area contributed by atoms with Crippen molar-refractivity contribution in [3.8, 4) is 11.6 Å². The van der Waals surface area contributed by atoms with Gasteiger partial charge in [0.1, 0.15) is 22.5 Å². The molecule has 2 rings (SSSR count). The fraction of sp³-hybridized carbons (Fsp3) is 0.286. The lowest BCUT2D eigenvalue weighted by molar-refractivity contribution is 0.453. The predicted molar refractivity (Wildman–Crippen MR) is 72.2 cm³/mol. The third kappa shape index (κ3) is 3.64. The molecule has 19 heavy (non-hydrogen) atoms. The zero-order valence-corrected chi connectivity index (χ0v) is 11.5. The summed E-state index contributed by atoms with van der Waals surface area (Å²) in [5.74, 6) is 1.02. The summed E-state index contributed by atoms with van der Waals surface area (Å²) in [7, 11) is 0. The van der Waals surface area contributed by atoms with Crippen molar-refractivity contribution in [3.63, 3.8) is 0 Å². The second kappa shape index (κ2) is 5.97. The summed E-state index contributed by atoms with van der Waals surface area (Å²) >= 11 is 5.90. The maximum atomic E-state index is 13.4. The van der Waals surface area contributed by atoms with Gasteiger partial charge in [-0.1, -0.05) is 24.6 Å². The molecule has 0 saturated heterocycles. The molecule has 0 amide bonds. The third-order valence-corrected chi connectivity index (χ3v) is 2.75. The number of aromatic nitrogens is 2. The van der Waals surface area contributed by atoms with Gasteiger partial charge in [-0.05, 0) is 25.0 Å². The highest BCUT2D eigenvalue weighted by molar-refractivity contribution is 6.29. The number of nitrogens with zero attached hydrogens (tertiary/aromatic N) is 2. The maximum absolute atomic E-state index is 13.4. The van der Waals surface area contributed by atoms with Gasteiger partial charge in [-0.25, -0.2) is 9.37 Å². The van der Waals surface area contributed by atoms with Crippen LogP contribution in [-0.4, -0.2) is 9.97 Å². The van der Waals surface area contributed by atoms with Gasteiger partial charge < -0.3 is 4.74 Å². The maximum Gasteiger partial charge on any atom is 0.224 e. The topological polar surface area (TPSA) is 35.0 Å². The van der Waals surface area contributed by atoms with Crippen molar-refractivity contribution in [1.29, 1.82) is 0 Å². The summed E-state index contributed by atoms with van der Waals surface area (Å²) in [5.41, 5.74) is 0.569. The van der Waals surface area contributed by atoms with Crippen LogP contribution in [0.5, 0.6) is 11.6 Å². The molecule has 0 aliphatic heterocycles. The van der Waals surface area contributed by atoms with Gasteiger partial charge in [-0.15, -0.1) is 0 Å². The number of rotatable bonds is 4. The van der Waals surface area contributed by atoms with Gasteiger partial charge >= 0.3 is 0 Å². The standard InChI is InChI=1S/C14H14ClFN2O/c1-3-4-13-17-12(15)8-14(18-13)19-10-6-5-9(2)11(16)7-10/h5-8H,3-4H2,1-2H3. The molecule has 0 atom stereocenters. The third-order valence-electron chi connectivity index (χ3n) is 2.56. The molecule has 1 heterocycles. The summed E-state index contributed by atoms with van der Waals surface area (Å²) in [6.45, 7) is 3.72. The van der Waals surface area contributed by atoms with Crippen molar-refractivity contribution in [2.45, 2.75) is 26.7 Å². The minimum absolute atomic E-state index is 0.313. The average Bonchev–Trinajstić information content (AvgIpc) is 2.33. The first-order valence-electron chi connectivity index (χ1n) is 6.06. The lowest BCUT2D eigenvalue weighted by atomic mass is 10.2. The second-order valence-corrected chi connectivity index (χ2v) is 4.60. The fourth-order valence-electron chi connectivity index (χ4n) is 1.59. The van der Waals surface area contributed by atoms with E-state index in [1.165, 1.54) is 12.1 Å². The van der Waals surface area contributed by atoms with Gasteiger partial charge in [0.05, 0.1) is 0 Å². The molecule has 0 N–H and O–H groups in total. The van der Waals surface area contributed by atoms with Crippen molar-refractivity contribution in [2.75, 3.05) is 0 Å². The highest BCUT2D eigenvalue weighted by atomic mass is 35.5. The molecule has 0 aliphatic carbocycles. The van der Waals surface area contributed by atoms with Gasteiger partial charge in [0.25, 0.3) is 0 Å². The van der Waals surface area contributed by atoms with Crippen molar-refractivity contribution < 1.29 is 9.13 Å². The molecule has 0 spiro atoms. The van der Waals surface area contributed by atoms with Crippen LogP contribution >= 0.6 is 11.6 Å². The zero-order chi connectivity index (χ0) is 13.8. The zero-order valence-electron chi connectivity index (χ0n) is 10.8. The smallest absolute Gasteiger partial charge is 0.224 e. The van der Waals surface area contributed by atoms with E-state index in [0.717, 1.165) is 12.8 Å². The number of benzene rings is 1. The number of aryl methyl sites for hydroxylation is 2. The summed E-state index contributed by atoms with van der Waals surface area (Å²) < 4.78 is 18.9. The van der Waals surface area contributed by atoms with Gasteiger partial charge in [-0.3, -0.25) is 0 Å². The molecular weight excluding hydrogens is 267 g/mol. The minimum atomic E-state index is -0.313. The Morgan fingerprint density at radius 1 is 1.26 bits per heavy atom. The lowest BCUT2D eigenvalue weighted by Crippen LogP contribution is -1.98.